The van der Waals surface area contributed by atoms with Crippen LogP contribution in [0.5, 0.6) is 5.75 Å². The van der Waals surface area contributed by atoms with Gasteiger partial charge in [0.05, 0.1) is 84.6 Å². The van der Waals surface area contributed by atoms with Crippen LogP contribution in [0.2, 0.25) is 0 Å². The fourth-order valence-corrected chi connectivity index (χ4v) is 19.3. The maximum Gasteiger partial charge on any atom is 0.326 e. The van der Waals surface area contributed by atoms with Crippen LogP contribution in [-0.2, 0) is 107 Å². The van der Waals surface area contributed by atoms with Gasteiger partial charge in [0.1, 0.15) is 40.7 Å². The Labute approximate surface area is 752 Å². The van der Waals surface area contributed by atoms with Crippen molar-refractivity contribution in [2.75, 3.05) is 45.1 Å². The van der Waals surface area contributed by atoms with E-state index in [4.69, 9.17) is 15.6 Å². The van der Waals surface area contributed by atoms with E-state index in [9.17, 15) is 102 Å². The number of benzene rings is 3. The highest BCUT2D eigenvalue weighted by atomic mass is 33.1. The summed E-state index contributed by atoms with van der Waals surface area (Å²) in [5.41, 5.74) is 7.79. The number of H-pyrrole nitrogens is 1. The third-order valence-electron chi connectivity index (χ3n) is 22.9. The number of Topliss-reactive ketones (excluding diaryl/α,β-unsaturated/α-hetero) is 4. The molecule has 702 valence electrons. The first-order chi connectivity index (χ1) is 60.9. The number of amides is 11. The maximum atomic E-state index is 15.4. The molecule has 5 unspecified atom stereocenters. The molecule has 128 heavy (non-hydrogen) atoms. The van der Waals surface area contributed by atoms with E-state index in [1.807, 2.05) is 72.9 Å². The number of unbranched alkanes of at least 4 members (excludes halogenated alkanes) is 4. The van der Waals surface area contributed by atoms with Gasteiger partial charge in [-0.25, -0.2) is 14.4 Å². The van der Waals surface area contributed by atoms with E-state index < -0.39 is 260 Å². The smallest absolute Gasteiger partial charge is 0.326 e. The summed E-state index contributed by atoms with van der Waals surface area (Å²) in [6, 6.07) is 12.0. The lowest BCUT2D eigenvalue weighted by atomic mass is 9.85. The second kappa shape index (κ2) is 52.7. The Balaban J connectivity index is 0.987. The van der Waals surface area contributed by atoms with E-state index in [0.29, 0.717) is 68.0 Å². The number of nitrogens with two attached hydrogens (primary N) is 1. The largest absolute Gasteiger partial charge is 0.493 e. The summed E-state index contributed by atoms with van der Waals surface area (Å²) in [7, 11) is 0.859. The van der Waals surface area contributed by atoms with Crippen molar-refractivity contribution in [3.05, 3.63) is 95.6 Å². The second-order valence-electron chi connectivity index (χ2n) is 33.2. The summed E-state index contributed by atoms with van der Waals surface area (Å²) in [6.07, 6.45) is -1.81. The first-order valence-electron chi connectivity index (χ1n) is 43.4. The maximum absolute atomic E-state index is 15.4. The topological polar surface area (TPSA) is 591 Å². The van der Waals surface area contributed by atoms with E-state index in [1.54, 1.807) is 53.6 Å². The number of fused-ring (bicyclic) bond motifs is 5. The van der Waals surface area contributed by atoms with Gasteiger partial charge < -0.3 is 98.8 Å². The lowest BCUT2D eigenvalue weighted by Crippen LogP contribution is -2.56. The third-order valence-corrected chi connectivity index (χ3v) is 27.9. The Morgan fingerprint density at radius 1 is 0.656 bits per heavy atom. The number of carboxylic acid groups (broad SMARTS) is 3. The number of aliphatic carboxylic acids is 3. The van der Waals surface area contributed by atoms with E-state index in [2.05, 4.69) is 54.4 Å². The summed E-state index contributed by atoms with van der Waals surface area (Å²) in [4.78, 5) is 234. The molecular weight excluding hydrogens is 1720 g/mol. The number of ether oxygens (including phenoxy) is 1. The molecule has 40 heteroatoms. The van der Waals surface area contributed by atoms with Gasteiger partial charge in [-0.05, 0) is 98.9 Å². The molecule has 11 amide bonds. The molecule has 0 spiro atoms. The molecule has 3 aromatic carbocycles. The van der Waals surface area contributed by atoms with Crippen LogP contribution in [0.3, 0.4) is 0 Å². The fraction of sp³-hybridized carbons (Fsp3) is 0.580. The summed E-state index contributed by atoms with van der Waals surface area (Å²) in [5.74, 6) is -20.1. The molecule has 4 aromatic rings. The van der Waals surface area contributed by atoms with Crippen molar-refractivity contribution in [2.45, 2.75) is 252 Å². The van der Waals surface area contributed by atoms with Gasteiger partial charge in [0, 0.05) is 111 Å². The zero-order chi connectivity index (χ0) is 93.8. The van der Waals surface area contributed by atoms with Crippen LogP contribution in [0.15, 0.2) is 83.9 Å². The fourth-order valence-electron chi connectivity index (χ4n) is 15.3. The molecule has 7 rings (SSSR count). The molecule has 2 bridgehead atoms. The number of aliphatic hydroxyl groups is 3. The minimum atomic E-state index is -2.40. The average Bonchev–Trinajstić information content (AvgIpc) is 1.63. The Morgan fingerprint density at radius 2 is 1.27 bits per heavy atom. The lowest BCUT2D eigenvalue weighted by molar-refractivity contribution is -0.145. The normalized spacial score (nSPS) is 21.4. The highest BCUT2D eigenvalue weighted by Gasteiger charge is 2.46. The van der Waals surface area contributed by atoms with E-state index >= 15 is 9.00 Å². The molecule has 0 saturated carbocycles. The van der Waals surface area contributed by atoms with Gasteiger partial charge in [0.2, 0.25) is 53.2 Å². The van der Waals surface area contributed by atoms with Crippen LogP contribution in [0.4, 0.5) is 4.79 Å². The number of nitrogens with zero attached hydrogens (tertiary/aromatic N) is 1. The Morgan fingerprint density at radius 3 is 1.91 bits per heavy atom. The second-order valence-corrected chi connectivity index (χ2v) is 37.7. The third kappa shape index (κ3) is 34.1. The molecule has 37 nitrogen and oxygen atoms in total. The molecule has 0 aliphatic carbocycles. The lowest BCUT2D eigenvalue weighted by Gasteiger charge is -2.32. The van der Waals surface area contributed by atoms with Gasteiger partial charge in [-0.2, -0.15) is 0 Å². The van der Waals surface area contributed by atoms with Crippen molar-refractivity contribution < 1.29 is 121 Å². The van der Waals surface area contributed by atoms with Gasteiger partial charge in [-0.1, -0.05) is 143 Å². The van der Waals surface area contributed by atoms with Gasteiger partial charge in [-0.15, -0.1) is 0 Å². The number of carbonyl (C=O) groups is 17. The number of aromatic amines is 1. The molecule has 1 saturated heterocycles. The number of hydrogen-bond acceptors (Lipinski definition) is 24. The number of carboxylic acids is 3. The summed E-state index contributed by atoms with van der Waals surface area (Å²) < 4.78 is 21.7. The van der Waals surface area contributed by atoms with Crippen molar-refractivity contribution in [1.29, 1.82) is 0 Å². The van der Waals surface area contributed by atoms with Crippen LogP contribution in [0.25, 0.3) is 10.9 Å². The quantitative estimate of drug-likeness (QED) is 0.0223. The number of aliphatic hydroxyl groups excluding tert-OH is 3. The minimum Gasteiger partial charge on any atom is -0.493 e. The van der Waals surface area contributed by atoms with Crippen molar-refractivity contribution in [3.8, 4) is 5.75 Å². The van der Waals surface area contributed by atoms with Crippen molar-refractivity contribution in [3.63, 3.8) is 0 Å². The van der Waals surface area contributed by atoms with Gasteiger partial charge in [-0.3, -0.25) is 71.3 Å². The standard InChI is InChI=1S/C88H122N12O25S3/c1-6-49(2)78-83(117)92-44-75(110)93-67-48-128(124)84-62(38-56(80(114)91-45-76(111)98-78)39-71(106)79(52(5)72(107)47-101)99-82(116)68-42-59(103)46-100(68)85(118)57(40-70(67)105)41-73(89)108)61-27-26-60(43-65(61)95-84)125-34-32-51(4)127-126-50(3)19-18-25-69(104)66(36-54-22-14-11-15-23-54)94-81(115)55(35-53-20-12-10-13-21-53)37-58(102)24-16-8-7-9-17-33-90-74(109)30-28-63(86(119)120)96-88(123)97-64(87(121)122)29-31-77(112)113/h10-15,20-23,26-27,43,49-52,55-57,59,63-64,66-68,72,78-79,95,101,103,107H,6-9,16-19,24-25,28-42,44-48H2,1-5H3,(H2,89,108)(H,90,109)(H,91,114)(H,92,117)(H,93,110)(H,94,115)(H,98,111)(H,99,116)(H,112,113)(H,119,120)(H,121,122)(H2,96,97,123)/t49-,50?,51?,52-,55+,56-,57-,59+,63?,64?,66-,67-,68-,72-,78-,79-,128?/m0/s1. The predicted octanol–water partition coefficient (Wildman–Crippen LogP) is 3.08. The molecule has 3 aliphatic rings. The molecular formula is C88H122N12O25S3. The number of urea groups is 1. The van der Waals surface area contributed by atoms with Gasteiger partial charge >= 0.3 is 23.9 Å². The number of rotatable bonds is 45. The summed E-state index contributed by atoms with van der Waals surface area (Å²) in [6.45, 7) is 6.37. The average molecular weight is 1840 g/mol. The van der Waals surface area contributed by atoms with E-state index in [1.165, 1.54) is 6.92 Å². The first-order valence-corrected chi connectivity index (χ1v) is 47.0. The molecule has 1 aromatic heterocycles. The van der Waals surface area contributed by atoms with E-state index in [0.717, 1.165) is 22.4 Å². The SMILES string of the molecule is CC[C@H](C)[C@@H]1NC(=O)CNC(=O)[C@@H]2CC(=O)[C@H]([C@@H](C)[C@@H](O)CO)NC(=O)[C@@H]3C[C@@H](O)CN3C(=O)[C@H](CC(N)=O)CC(=O)[C@H](CS(=O)c3[nH]c4cc(OCCC(C)SSC(C)CCCC(=O)[C@H](Cc5ccccc5)NC(=O)[C@@H](CC(=O)CCCCCCCNC(=O)CCC(NC(=O)NC(CCC(=O)O)C(=O)O)C(=O)O)Cc5ccccc5)ccc4c3C2)NC(=O)CNC1=O. The van der Waals surface area contributed by atoms with Gasteiger partial charge in [0.15, 0.2) is 17.3 Å². The van der Waals surface area contributed by atoms with Crippen molar-refractivity contribution in [2.24, 2.45) is 35.3 Å². The summed E-state index contributed by atoms with van der Waals surface area (Å²) in [5, 5.41) is 83.0. The minimum absolute atomic E-state index is 0.0185. The van der Waals surface area contributed by atoms with Crippen molar-refractivity contribution in [1.82, 2.24) is 57.7 Å². The highest BCUT2D eigenvalue weighted by Crippen LogP contribution is 2.37. The van der Waals surface area contributed by atoms with Crippen LogP contribution >= 0.6 is 21.6 Å². The van der Waals surface area contributed by atoms with Crippen LogP contribution in [0.1, 0.15) is 180 Å². The number of primary amides is 1. The van der Waals surface area contributed by atoms with Crippen LogP contribution in [-0.4, -0.2) is 255 Å². The number of hydrogen-bond donors (Lipinski definition) is 17. The first kappa shape index (κ1) is 104. The monoisotopic (exact) mass is 1840 g/mol. The highest BCUT2D eigenvalue weighted by molar-refractivity contribution is 8.77. The molecule has 0 radical (unpaired) electrons. The Hall–Kier alpha value is -10.7. The van der Waals surface area contributed by atoms with E-state index in [-0.39, 0.29) is 90.8 Å². The number of carbonyl (C=O) groups excluding carboxylic acids is 14. The molecule has 18 N–H and O–H groups in total. The molecule has 17 atom stereocenters. The number of aromatic nitrogens is 1. The van der Waals surface area contributed by atoms with Crippen LogP contribution < -0.4 is 58.3 Å². The Kier molecular flexibility index (Phi) is 43.0. The van der Waals surface area contributed by atoms with Gasteiger partial charge in [0.25, 0.3) is 0 Å². The number of nitrogens with one attached hydrogen (secondary N) is 10. The molecule has 3 aliphatic heterocycles. The zero-order valence-electron chi connectivity index (χ0n) is 72.6. The van der Waals surface area contributed by atoms with Crippen molar-refractivity contribution >= 4 is 144 Å². The Bertz CT molecular complexity index is 4560. The number of ketones is 4. The zero-order valence-corrected chi connectivity index (χ0v) is 75.1. The summed E-state index contributed by atoms with van der Waals surface area (Å²) >= 11 is 0. The molecule has 1 fully saturated rings. The predicted molar refractivity (Wildman–Crippen MR) is 473 cm³/mol. The molecule has 4 heterocycles. The van der Waals surface area contributed by atoms with Crippen LogP contribution in [0, 0.1) is 29.6 Å².